The molecule has 2 N–H and O–H groups in total. The number of anilines is 1. The van der Waals surface area contributed by atoms with Gasteiger partial charge < -0.3 is 15.4 Å². The number of aromatic nitrogens is 1. The second-order valence-corrected chi connectivity index (χ2v) is 6.01. The first-order valence-electron chi connectivity index (χ1n) is 7.42. The van der Waals surface area contributed by atoms with Gasteiger partial charge in [-0.25, -0.2) is 9.78 Å². The minimum absolute atomic E-state index is 0.164. The van der Waals surface area contributed by atoms with E-state index in [9.17, 15) is 22.8 Å². The molecule has 136 valence electrons. The van der Waals surface area contributed by atoms with Crippen LogP contribution in [-0.4, -0.2) is 35.3 Å². The molecule has 1 heterocycles. The molecule has 0 fully saturated rings. The molecular weight excluding hydrogens is 359 g/mol. The maximum absolute atomic E-state index is 13.8. The van der Waals surface area contributed by atoms with Crippen LogP contribution in [0.1, 0.15) is 20.3 Å². The molecule has 2 aromatic rings. The van der Waals surface area contributed by atoms with Gasteiger partial charge in [0.2, 0.25) is 5.91 Å². The molecule has 0 saturated carbocycles. The van der Waals surface area contributed by atoms with Crippen LogP contribution in [0.3, 0.4) is 0 Å². The van der Waals surface area contributed by atoms with E-state index in [4.69, 9.17) is 0 Å². The average molecular weight is 375 g/mol. The number of nitrogens with one attached hydrogen (secondary N) is 2. The van der Waals surface area contributed by atoms with E-state index in [0.29, 0.717) is 10.2 Å². The number of ether oxygens (including phenoxy) is 1. The Bertz CT molecular complexity index is 745. The maximum Gasteiger partial charge on any atom is 0.442 e. The lowest BCUT2D eigenvalue weighted by Gasteiger charge is -2.34. The number of nitrogens with zero attached hydrogens (tertiary/aromatic N) is 1. The molecule has 10 heteroatoms. The lowest BCUT2D eigenvalue weighted by Crippen LogP contribution is -2.69. The van der Waals surface area contributed by atoms with Gasteiger partial charge in [0.15, 0.2) is 5.13 Å². The fourth-order valence-corrected chi connectivity index (χ4v) is 2.94. The average Bonchev–Trinajstić information content (AvgIpc) is 2.95. The first-order valence-corrected chi connectivity index (χ1v) is 8.24. The van der Waals surface area contributed by atoms with Crippen LogP contribution in [-0.2, 0) is 14.3 Å². The number of para-hydroxylation sites is 1. The van der Waals surface area contributed by atoms with Crippen LogP contribution in [0, 0.1) is 0 Å². The van der Waals surface area contributed by atoms with Crippen LogP contribution in [0.2, 0.25) is 0 Å². The summed E-state index contributed by atoms with van der Waals surface area (Å²) in [5.74, 6) is -2.61. The molecule has 0 radical (unpaired) electrons. The molecule has 6 nitrogen and oxygen atoms in total. The normalized spacial score (nSPS) is 14.0. The largest absolute Gasteiger partial charge is 0.463 e. The number of thiazole rings is 1. The van der Waals surface area contributed by atoms with Crippen molar-refractivity contribution in [2.75, 3.05) is 11.9 Å². The third kappa shape index (κ3) is 3.84. The van der Waals surface area contributed by atoms with E-state index in [1.165, 1.54) is 13.8 Å². The summed E-state index contributed by atoms with van der Waals surface area (Å²) in [6.07, 6.45) is -5.39. The van der Waals surface area contributed by atoms with E-state index >= 15 is 0 Å². The standard InChI is InChI=1S/C15H16F3N3O3S/c1-3-11(22)20-14(15(16,17)18,12(23)24-4-2)21-13-19-9-7-5-6-8-10(9)25-13/h5-8H,3-4H2,1-2H3,(H,19,21)(H,20,22)/t14-/m1/s1. The Morgan fingerprint density at radius 3 is 2.48 bits per heavy atom. The predicted molar refractivity (Wildman–Crippen MR) is 87.1 cm³/mol. The summed E-state index contributed by atoms with van der Waals surface area (Å²) in [6.45, 7) is 2.47. The number of hydrogen-bond donors (Lipinski definition) is 2. The number of hydrogen-bond acceptors (Lipinski definition) is 6. The zero-order chi connectivity index (χ0) is 18.7. The van der Waals surface area contributed by atoms with Crippen molar-refractivity contribution in [2.24, 2.45) is 0 Å². The van der Waals surface area contributed by atoms with Gasteiger partial charge in [0.05, 0.1) is 16.8 Å². The Morgan fingerprint density at radius 2 is 1.92 bits per heavy atom. The molecule has 1 aromatic carbocycles. The minimum atomic E-state index is -5.15. The fraction of sp³-hybridized carbons (Fsp3) is 0.400. The summed E-state index contributed by atoms with van der Waals surface area (Å²) in [6, 6.07) is 6.71. The van der Waals surface area contributed by atoms with E-state index in [1.807, 2.05) is 5.32 Å². The van der Waals surface area contributed by atoms with Crippen molar-refractivity contribution in [3.63, 3.8) is 0 Å². The minimum Gasteiger partial charge on any atom is -0.463 e. The molecule has 1 aromatic heterocycles. The zero-order valence-electron chi connectivity index (χ0n) is 13.4. The van der Waals surface area contributed by atoms with E-state index in [-0.39, 0.29) is 18.2 Å². The molecule has 25 heavy (non-hydrogen) atoms. The number of carbonyl (C=O) groups excluding carboxylic acids is 2. The Kier molecular flexibility index (Phi) is 5.51. The Hall–Kier alpha value is -2.36. The van der Waals surface area contributed by atoms with Crippen LogP contribution < -0.4 is 10.6 Å². The highest BCUT2D eigenvalue weighted by atomic mass is 32.1. The first-order chi connectivity index (χ1) is 11.7. The van der Waals surface area contributed by atoms with Gasteiger partial charge in [0.25, 0.3) is 0 Å². The van der Waals surface area contributed by atoms with Crippen molar-refractivity contribution in [2.45, 2.75) is 32.1 Å². The van der Waals surface area contributed by atoms with Gasteiger partial charge in [-0.2, -0.15) is 13.2 Å². The fourth-order valence-electron chi connectivity index (χ4n) is 2.01. The zero-order valence-corrected chi connectivity index (χ0v) is 14.3. The van der Waals surface area contributed by atoms with E-state index in [0.717, 1.165) is 11.3 Å². The number of rotatable bonds is 6. The van der Waals surface area contributed by atoms with Gasteiger partial charge >= 0.3 is 17.8 Å². The molecule has 0 unspecified atom stereocenters. The third-order valence-corrected chi connectivity index (χ3v) is 4.20. The molecule has 0 aliphatic carbocycles. The number of carbonyl (C=O) groups is 2. The van der Waals surface area contributed by atoms with Gasteiger partial charge in [0.1, 0.15) is 0 Å². The summed E-state index contributed by atoms with van der Waals surface area (Å²) in [5.41, 5.74) is -2.94. The summed E-state index contributed by atoms with van der Waals surface area (Å²) in [4.78, 5) is 27.8. The quantitative estimate of drug-likeness (QED) is 0.599. The Balaban J connectivity index is 2.50. The van der Waals surface area contributed by atoms with Crippen LogP contribution in [0.5, 0.6) is 0 Å². The van der Waals surface area contributed by atoms with Crippen molar-refractivity contribution in [1.82, 2.24) is 10.3 Å². The highest BCUT2D eigenvalue weighted by Crippen LogP contribution is 2.35. The molecule has 2 rings (SSSR count). The summed E-state index contributed by atoms with van der Waals surface area (Å²) in [5, 5.41) is 3.60. The second-order valence-electron chi connectivity index (χ2n) is 4.98. The molecule has 0 saturated heterocycles. The SMILES string of the molecule is CCOC(=O)[C@@](NC(=O)CC)(Nc1nc2ccccc2s1)C(F)(F)F. The number of esters is 1. The highest BCUT2D eigenvalue weighted by molar-refractivity contribution is 7.22. The topological polar surface area (TPSA) is 80.3 Å². The monoisotopic (exact) mass is 375 g/mol. The molecular formula is C15H16F3N3O3S. The molecule has 1 amide bonds. The second kappa shape index (κ2) is 7.26. The van der Waals surface area contributed by atoms with Crippen LogP contribution in [0.25, 0.3) is 10.2 Å². The van der Waals surface area contributed by atoms with Crippen LogP contribution in [0.4, 0.5) is 18.3 Å². The number of benzene rings is 1. The van der Waals surface area contributed by atoms with Gasteiger partial charge in [-0.3, -0.25) is 4.79 Å². The summed E-state index contributed by atoms with van der Waals surface area (Å²) < 4.78 is 46.6. The maximum atomic E-state index is 13.8. The van der Waals surface area contributed by atoms with Crippen molar-refractivity contribution in [1.29, 1.82) is 0 Å². The number of alkyl halides is 3. The first kappa shape index (κ1) is 19.0. The summed E-state index contributed by atoms with van der Waals surface area (Å²) >= 11 is 0.929. The van der Waals surface area contributed by atoms with Crippen molar-refractivity contribution >= 4 is 38.6 Å². The molecule has 0 aliphatic heterocycles. The lowest BCUT2D eigenvalue weighted by atomic mass is 10.1. The molecule has 0 bridgehead atoms. The smallest absolute Gasteiger partial charge is 0.442 e. The molecule has 1 atom stereocenters. The number of fused-ring (bicyclic) bond motifs is 1. The van der Waals surface area contributed by atoms with Crippen molar-refractivity contribution < 1.29 is 27.5 Å². The van der Waals surface area contributed by atoms with Gasteiger partial charge in [-0.05, 0) is 19.1 Å². The highest BCUT2D eigenvalue weighted by Gasteiger charge is 2.64. The number of halogens is 3. The summed E-state index contributed by atoms with van der Waals surface area (Å²) in [7, 11) is 0. The third-order valence-electron chi connectivity index (χ3n) is 3.24. The van der Waals surface area contributed by atoms with Crippen molar-refractivity contribution in [3.05, 3.63) is 24.3 Å². The number of amides is 1. The van der Waals surface area contributed by atoms with E-state index in [1.54, 1.807) is 29.6 Å². The Morgan fingerprint density at radius 1 is 1.24 bits per heavy atom. The molecule has 0 aliphatic rings. The van der Waals surface area contributed by atoms with Gasteiger partial charge in [0, 0.05) is 6.42 Å². The van der Waals surface area contributed by atoms with Crippen LogP contribution >= 0.6 is 11.3 Å². The van der Waals surface area contributed by atoms with Gasteiger partial charge in [-0.15, -0.1) is 0 Å². The van der Waals surface area contributed by atoms with E-state index < -0.39 is 23.7 Å². The van der Waals surface area contributed by atoms with Crippen LogP contribution in [0.15, 0.2) is 24.3 Å². The predicted octanol–water partition coefficient (Wildman–Crippen LogP) is 3.06. The van der Waals surface area contributed by atoms with Gasteiger partial charge in [-0.1, -0.05) is 30.4 Å². The van der Waals surface area contributed by atoms with Crippen molar-refractivity contribution in [3.8, 4) is 0 Å². The Labute approximate surface area is 145 Å². The van der Waals surface area contributed by atoms with E-state index in [2.05, 4.69) is 9.72 Å². The molecule has 0 spiro atoms. The lowest BCUT2D eigenvalue weighted by molar-refractivity contribution is -0.207.